The summed E-state index contributed by atoms with van der Waals surface area (Å²) in [6.07, 6.45) is 13.5. The van der Waals surface area contributed by atoms with Crippen molar-refractivity contribution in [3.05, 3.63) is 0 Å². The van der Waals surface area contributed by atoms with Crippen molar-refractivity contribution in [2.24, 2.45) is 29.6 Å². The lowest BCUT2D eigenvalue weighted by atomic mass is 9.72. The molecule has 3 rings (SSSR count). The number of nitrogens with one attached hydrogen (secondary N) is 1. The zero-order chi connectivity index (χ0) is 12.5. The lowest BCUT2D eigenvalue weighted by Crippen LogP contribution is -2.41. The third kappa shape index (κ3) is 2.24. The molecule has 0 aromatic carbocycles. The first-order valence-electron chi connectivity index (χ1n) is 8.54. The summed E-state index contributed by atoms with van der Waals surface area (Å²) in [4.78, 5) is 0. The summed E-state index contributed by atoms with van der Waals surface area (Å²) in [7, 11) is 2.23. The Morgan fingerprint density at radius 1 is 0.944 bits per heavy atom. The summed E-state index contributed by atoms with van der Waals surface area (Å²) >= 11 is 0. The van der Waals surface area contributed by atoms with Gasteiger partial charge in [-0.05, 0) is 55.9 Å². The van der Waals surface area contributed by atoms with E-state index in [0.29, 0.717) is 0 Å². The van der Waals surface area contributed by atoms with E-state index in [0.717, 1.165) is 35.6 Å². The van der Waals surface area contributed by atoms with Gasteiger partial charge in [0.25, 0.3) is 0 Å². The molecule has 18 heavy (non-hydrogen) atoms. The minimum absolute atomic E-state index is 0.850. The van der Waals surface area contributed by atoms with Gasteiger partial charge in [-0.3, -0.25) is 0 Å². The number of rotatable bonds is 4. The van der Waals surface area contributed by atoms with Crippen LogP contribution in [0.3, 0.4) is 0 Å². The normalized spacial score (nSPS) is 45.3. The Hall–Kier alpha value is -0.0400. The van der Waals surface area contributed by atoms with Crippen molar-refractivity contribution in [1.82, 2.24) is 5.32 Å². The largest absolute Gasteiger partial charge is 0.316 e. The molecule has 0 heterocycles. The smallest absolute Gasteiger partial charge is 0.0129 e. The minimum atomic E-state index is 0.850. The van der Waals surface area contributed by atoms with E-state index in [4.69, 9.17) is 0 Å². The van der Waals surface area contributed by atoms with Crippen LogP contribution in [-0.4, -0.2) is 13.1 Å². The van der Waals surface area contributed by atoms with Crippen LogP contribution in [0.25, 0.3) is 0 Å². The summed E-state index contributed by atoms with van der Waals surface area (Å²) in [5.74, 6) is 5.27. The van der Waals surface area contributed by atoms with Crippen molar-refractivity contribution in [2.75, 3.05) is 7.05 Å². The van der Waals surface area contributed by atoms with E-state index in [1.54, 1.807) is 0 Å². The molecule has 104 valence electrons. The predicted molar refractivity (Wildman–Crippen MR) is 77.5 cm³/mol. The second kappa shape index (κ2) is 5.53. The van der Waals surface area contributed by atoms with Crippen LogP contribution < -0.4 is 5.32 Å². The molecule has 0 aromatic rings. The number of fused-ring (bicyclic) bond motifs is 1. The maximum absolute atomic E-state index is 3.75. The summed E-state index contributed by atoms with van der Waals surface area (Å²) in [5.41, 5.74) is 0. The molecule has 0 bridgehead atoms. The van der Waals surface area contributed by atoms with Crippen LogP contribution in [-0.2, 0) is 0 Å². The Labute approximate surface area is 113 Å². The average Bonchev–Trinajstić information content (AvgIpc) is 3.15. The monoisotopic (exact) mass is 249 g/mol. The second-order valence-corrected chi connectivity index (χ2v) is 7.12. The fourth-order valence-electron chi connectivity index (χ4n) is 5.49. The van der Waals surface area contributed by atoms with Crippen LogP contribution in [0.4, 0.5) is 0 Å². The molecule has 5 atom stereocenters. The highest BCUT2D eigenvalue weighted by atomic mass is 14.9. The van der Waals surface area contributed by atoms with Gasteiger partial charge in [0.15, 0.2) is 0 Å². The fraction of sp³-hybridized carbons (Fsp3) is 1.00. The van der Waals surface area contributed by atoms with Crippen molar-refractivity contribution < 1.29 is 0 Å². The highest BCUT2D eigenvalue weighted by Gasteiger charge is 2.55. The first-order valence-corrected chi connectivity index (χ1v) is 8.54. The summed E-state index contributed by atoms with van der Waals surface area (Å²) in [5, 5.41) is 3.75. The number of hydrogen-bond donors (Lipinski definition) is 1. The standard InChI is InChI=1S/C17H31N/c1-3-12-8-4-5-9-13(12)17(18-2)16-14-10-6-7-11-15(14)16/h12-18H,3-11H2,1-2H3. The molecule has 1 heteroatoms. The zero-order valence-corrected chi connectivity index (χ0v) is 12.3. The highest BCUT2D eigenvalue weighted by Crippen LogP contribution is 2.59. The molecule has 3 fully saturated rings. The third-order valence-corrected chi connectivity index (χ3v) is 6.42. The predicted octanol–water partition coefficient (Wildman–Crippen LogP) is 4.23. The molecule has 3 saturated carbocycles. The van der Waals surface area contributed by atoms with Crippen LogP contribution in [0, 0.1) is 29.6 Å². The van der Waals surface area contributed by atoms with Gasteiger partial charge in [0.05, 0.1) is 0 Å². The highest BCUT2D eigenvalue weighted by molar-refractivity contribution is 5.06. The van der Waals surface area contributed by atoms with Gasteiger partial charge in [-0.25, -0.2) is 0 Å². The molecule has 0 amide bonds. The van der Waals surface area contributed by atoms with Crippen LogP contribution in [0.1, 0.15) is 64.7 Å². The maximum atomic E-state index is 3.75. The molecule has 1 N–H and O–H groups in total. The van der Waals surface area contributed by atoms with Gasteiger partial charge in [0.2, 0.25) is 0 Å². The Morgan fingerprint density at radius 2 is 1.56 bits per heavy atom. The van der Waals surface area contributed by atoms with Crippen molar-refractivity contribution in [3.63, 3.8) is 0 Å². The van der Waals surface area contributed by atoms with Crippen LogP contribution in [0.5, 0.6) is 0 Å². The van der Waals surface area contributed by atoms with E-state index in [1.807, 2.05) is 0 Å². The van der Waals surface area contributed by atoms with Gasteiger partial charge < -0.3 is 5.32 Å². The Bertz CT molecular complexity index is 263. The molecular weight excluding hydrogens is 218 g/mol. The molecule has 0 aliphatic heterocycles. The van der Waals surface area contributed by atoms with Crippen molar-refractivity contribution in [1.29, 1.82) is 0 Å². The van der Waals surface area contributed by atoms with Crippen molar-refractivity contribution in [2.45, 2.75) is 70.8 Å². The summed E-state index contributed by atoms with van der Waals surface area (Å²) in [6.45, 7) is 2.41. The average molecular weight is 249 g/mol. The lowest BCUT2D eigenvalue weighted by molar-refractivity contribution is 0.161. The molecule has 0 aromatic heterocycles. The third-order valence-electron chi connectivity index (χ3n) is 6.42. The first kappa shape index (κ1) is 13.0. The molecule has 0 radical (unpaired) electrons. The van der Waals surface area contributed by atoms with E-state index in [9.17, 15) is 0 Å². The minimum Gasteiger partial charge on any atom is -0.316 e. The zero-order valence-electron chi connectivity index (χ0n) is 12.3. The van der Waals surface area contributed by atoms with Crippen LogP contribution in [0.15, 0.2) is 0 Å². The van der Waals surface area contributed by atoms with Crippen LogP contribution >= 0.6 is 0 Å². The quantitative estimate of drug-likeness (QED) is 0.786. The first-order chi connectivity index (χ1) is 8.86. The Kier molecular flexibility index (Phi) is 3.98. The second-order valence-electron chi connectivity index (χ2n) is 7.12. The van der Waals surface area contributed by atoms with E-state index in [2.05, 4.69) is 19.3 Å². The van der Waals surface area contributed by atoms with Crippen molar-refractivity contribution in [3.8, 4) is 0 Å². The maximum Gasteiger partial charge on any atom is 0.0129 e. The van der Waals surface area contributed by atoms with E-state index in [-0.39, 0.29) is 0 Å². The molecule has 0 saturated heterocycles. The van der Waals surface area contributed by atoms with Gasteiger partial charge in [0, 0.05) is 6.04 Å². The van der Waals surface area contributed by atoms with Gasteiger partial charge in [-0.2, -0.15) is 0 Å². The van der Waals surface area contributed by atoms with Gasteiger partial charge in [0.1, 0.15) is 0 Å². The SMILES string of the molecule is CCC1CCCCC1C(NC)C1C2CCCCC21. The summed E-state index contributed by atoms with van der Waals surface area (Å²) in [6, 6.07) is 0.850. The van der Waals surface area contributed by atoms with E-state index in [1.165, 1.54) is 57.8 Å². The Morgan fingerprint density at radius 3 is 2.17 bits per heavy atom. The van der Waals surface area contributed by atoms with Gasteiger partial charge >= 0.3 is 0 Å². The molecule has 1 nitrogen and oxygen atoms in total. The topological polar surface area (TPSA) is 12.0 Å². The molecule has 3 aliphatic rings. The molecule has 0 spiro atoms. The van der Waals surface area contributed by atoms with Crippen LogP contribution in [0.2, 0.25) is 0 Å². The fourth-order valence-corrected chi connectivity index (χ4v) is 5.49. The van der Waals surface area contributed by atoms with E-state index >= 15 is 0 Å². The molecule has 5 unspecified atom stereocenters. The number of hydrogen-bond acceptors (Lipinski definition) is 1. The molecular formula is C17H31N. The lowest BCUT2D eigenvalue weighted by Gasteiger charge is -2.37. The molecule has 3 aliphatic carbocycles. The Balaban J connectivity index is 1.67. The van der Waals surface area contributed by atoms with Gasteiger partial charge in [-0.15, -0.1) is 0 Å². The summed E-state index contributed by atoms with van der Waals surface area (Å²) < 4.78 is 0. The van der Waals surface area contributed by atoms with E-state index < -0.39 is 0 Å². The van der Waals surface area contributed by atoms with Gasteiger partial charge in [-0.1, -0.05) is 45.4 Å². The van der Waals surface area contributed by atoms with Crippen molar-refractivity contribution >= 4 is 0 Å².